The Labute approximate surface area is 141 Å². The van der Waals surface area contributed by atoms with Gasteiger partial charge in [-0.2, -0.15) is 0 Å². The second kappa shape index (κ2) is 5.86. The first-order valence-electron chi connectivity index (χ1n) is 7.37. The van der Waals surface area contributed by atoms with Gasteiger partial charge in [-0.25, -0.2) is 4.98 Å². The average Bonchev–Trinajstić information content (AvgIpc) is 3.04. The Bertz CT molecular complexity index is 1010. The van der Waals surface area contributed by atoms with Gasteiger partial charge >= 0.3 is 0 Å². The number of hydrazine groups is 1. The van der Waals surface area contributed by atoms with Gasteiger partial charge in [0.25, 0.3) is 5.91 Å². The van der Waals surface area contributed by atoms with Gasteiger partial charge in [0.2, 0.25) is 0 Å². The maximum atomic E-state index is 12.3. The molecule has 0 fully saturated rings. The van der Waals surface area contributed by atoms with Gasteiger partial charge in [0.1, 0.15) is 4.88 Å². The molecule has 1 amide bonds. The Morgan fingerprint density at radius 3 is 2.21 bits per heavy atom. The minimum Gasteiger partial charge on any atom is -0.297 e. The third-order valence-electron chi connectivity index (χ3n) is 3.75. The van der Waals surface area contributed by atoms with Crippen molar-refractivity contribution in [2.45, 2.75) is 6.92 Å². The van der Waals surface area contributed by atoms with E-state index < -0.39 is 0 Å². The zero-order valence-corrected chi connectivity index (χ0v) is 13.6. The Balaban J connectivity index is 1.77. The minimum absolute atomic E-state index is 0.257. The molecule has 2 N–H and O–H groups in total. The third kappa shape index (κ3) is 2.44. The molecule has 6 nitrogen and oxygen atoms in total. The number of carbonyl (C=O) groups is 1. The monoisotopic (exact) mass is 335 g/mol. The van der Waals surface area contributed by atoms with Crippen LogP contribution in [0.15, 0.2) is 48.5 Å². The molecular formula is C17H13N5OS. The Kier molecular flexibility index (Phi) is 3.55. The number of para-hydroxylation sites is 2. The highest BCUT2D eigenvalue weighted by Gasteiger charge is 2.14. The summed E-state index contributed by atoms with van der Waals surface area (Å²) in [5, 5.41) is 5.74. The van der Waals surface area contributed by atoms with E-state index in [0.717, 1.165) is 39.0 Å². The number of benzene rings is 2. The number of hydrogen-bond acceptors (Lipinski definition) is 6. The zero-order valence-electron chi connectivity index (χ0n) is 12.8. The third-order valence-corrected chi connectivity index (χ3v) is 4.57. The average molecular weight is 335 g/mol. The molecular weight excluding hydrogens is 322 g/mol. The van der Waals surface area contributed by atoms with Crippen LogP contribution >= 0.6 is 11.5 Å². The molecule has 4 rings (SSSR count). The van der Waals surface area contributed by atoms with Gasteiger partial charge in [-0.15, -0.1) is 5.10 Å². The number of amides is 1. The topological polar surface area (TPSA) is 79.8 Å². The van der Waals surface area contributed by atoms with E-state index in [4.69, 9.17) is 0 Å². The molecule has 0 saturated heterocycles. The lowest BCUT2D eigenvalue weighted by molar-refractivity contribution is 0.0966. The van der Waals surface area contributed by atoms with E-state index in [9.17, 15) is 4.79 Å². The van der Waals surface area contributed by atoms with Crippen molar-refractivity contribution < 1.29 is 4.79 Å². The highest BCUT2D eigenvalue weighted by molar-refractivity contribution is 7.08. The SMILES string of the molecule is Cc1nnsc1C(=O)NNc1c2ccccc2nc2ccccc12. The summed E-state index contributed by atoms with van der Waals surface area (Å²) in [6, 6.07) is 15.6. The van der Waals surface area contributed by atoms with Crippen molar-refractivity contribution >= 4 is 44.9 Å². The van der Waals surface area contributed by atoms with Crippen LogP contribution in [-0.4, -0.2) is 20.5 Å². The lowest BCUT2D eigenvalue weighted by Crippen LogP contribution is -2.29. The van der Waals surface area contributed by atoms with Crippen LogP contribution in [0.5, 0.6) is 0 Å². The number of hydrogen-bond donors (Lipinski definition) is 2. The largest absolute Gasteiger partial charge is 0.297 e. The van der Waals surface area contributed by atoms with Crippen LogP contribution in [0.3, 0.4) is 0 Å². The summed E-state index contributed by atoms with van der Waals surface area (Å²) in [7, 11) is 0. The summed E-state index contributed by atoms with van der Waals surface area (Å²) < 4.78 is 3.79. The van der Waals surface area contributed by atoms with Crippen molar-refractivity contribution in [3.05, 3.63) is 59.1 Å². The van der Waals surface area contributed by atoms with Crippen molar-refractivity contribution in [1.29, 1.82) is 0 Å². The van der Waals surface area contributed by atoms with Crippen LogP contribution in [0.25, 0.3) is 21.8 Å². The molecule has 2 aromatic carbocycles. The van der Waals surface area contributed by atoms with Crippen LogP contribution in [0, 0.1) is 6.92 Å². The standard InChI is InChI=1S/C17H13N5OS/c1-10-16(24-22-19-10)17(23)21-20-15-11-6-2-4-8-13(11)18-14-9-5-3-7-12(14)15/h2-9H,1H3,(H,18,20)(H,21,23). The van der Waals surface area contributed by atoms with Crippen molar-refractivity contribution in [3.63, 3.8) is 0 Å². The molecule has 0 atom stereocenters. The Morgan fingerprint density at radius 2 is 1.62 bits per heavy atom. The lowest BCUT2D eigenvalue weighted by Gasteiger charge is -2.13. The van der Waals surface area contributed by atoms with Crippen molar-refractivity contribution in [1.82, 2.24) is 20.0 Å². The van der Waals surface area contributed by atoms with Gasteiger partial charge in [-0.1, -0.05) is 40.9 Å². The molecule has 0 saturated carbocycles. The normalized spacial score (nSPS) is 10.9. The van der Waals surface area contributed by atoms with Gasteiger partial charge in [-0.05, 0) is 30.6 Å². The maximum Gasteiger partial charge on any atom is 0.283 e. The molecule has 0 spiro atoms. The predicted octanol–water partition coefficient (Wildman–Crippen LogP) is 3.30. The first-order valence-corrected chi connectivity index (χ1v) is 8.14. The predicted molar refractivity (Wildman–Crippen MR) is 95.0 cm³/mol. The van der Waals surface area contributed by atoms with Crippen molar-refractivity contribution in [2.24, 2.45) is 0 Å². The molecule has 0 unspecified atom stereocenters. The van der Waals surface area contributed by atoms with E-state index in [-0.39, 0.29) is 5.91 Å². The molecule has 0 aliphatic heterocycles. The van der Waals surface area contributed by atoms with Gasteiger partial charge in [0.05, 0.1) is 22.4 Å². The molecule has 7 heteroatoms. The fourth-order valence-corrected chi connectivity index (χ4v) is 3.14. The van der Waals surface area contributed by atoms with Crippen molar-refractivity contribution in [3.8, 4) is 0 Å². The second-order valence-electron chi connectivity index (χ2n) is 5.29. The summed E-state index contributed by atoms with van der Waals surface area (Å²) in [5.74, 6) is -0.257. The summed E-state index contributed by atoms with van der Waals surface area (Å²) in [6.07, 6.45) is 0. The van der Waals surface area contributed by atoms with Gasteiger partial charge in [0.15, 0.2) is 0 Å². The number of rotatable bonds is 3. The highest BCUT2D eigenvalue weighted by atomic mass is 32.1. The van der Waals surface area contributed by atoms with Crippen molar-refractivity contribution in [2.75, 3.05) is 5.43 Å². The van der Waals surface area contributed by atoms with Crippen LogP contribution in [-0.2, 0) is 0 Å². The quantitative estimate of drug-likeness (QED) is 0.443. The Hall–Kier alpha value is -3.06. The summed E-state index contributed by atoms with van der Waals surface area (Å²) >= 11 is 1.07. The number of aryl methyl sites for hydroxylation is 1. The number of fused-ring (bicyclic) bond motifs is 2. The number of pyridine rings is 1. The van der Waals surface area contributed by atoms with E-state index in [1.165, 1.54) is 0 Å². The second-order valence-corrected chi connectivity index (χ2v) is 6.04. The molecule has 118 valence electrons. The fourth-order valence-electron chi connectivity index (χ4n) is 2.59. The molecule has 24 heavy (non-hydrogen) atoms. The van der Waals surface area contributed by atoms with Crippen LogP contribution < -0.4 is 10.9 Å². The number of anilines is 1. The molecule has 0 radical (unpaired) electrons. The fraction of sp³-hybridized carbons (Fsp3) is 0.0588. The number of nitrogens with zero attached hydrogens (tertiary/aromatic N) is 3. The lowest BCUT2D eigenvalue weighted by atomic mass is 10.1. The van der Waals surface area contributed by atoms with Gasteiger partial charge in [-0.3, -0.25) is 15.6 Å². The summed E-state index contributed by atoms with van der Waals surface area (Å²) in [4.78, 5) is 17.5. The first-order chi connectivity index (χ1) is 11.7. The molecule has 2 heterocycles. The summed E-state index contributed by atoms with van der Waals surface area (Å²) in [5.41, 5.74) is 8.96. The van der Waals surface area contributed by atoms with E-state index in [0.29, 0.717) is 10.6 Å². The number of nitrogens with one attached hydrogen (secondary N) is 2. The number of carbonyl (C=O) groups excluding carboxylic acids is 1. The molecule has 4 aromatic rings. The molecule has 0 bridgehead atoms. The molecule has 0 aliphatic rings. The number of aromatic nitrogens is 3. The summed E-state index contributed by atoms with van der Waals surface area (Å²) in [6.45, 7) is 1.76. The Morgan fingerprint density at radius 1 is 1.00 bits per heavy atom. The van der Waals surface area contributed by atoms with Crippen LogP contribution in [0.1, 0.15) is 15.4 Å². The first kappa shape index (κ1) is 14.5. The smallest absolute Gasteiger partial charge is 0.283 e. The maximum absolute atomic E-state index is 12.3. The van der Waals surface area contributed by atoms with E-state index in [1.54, 1.807) is 6.92 Å². The molecule has 2 aromatic heterocycles. The van der Waals surface area contributed by atoms with E-state index >= 15 is 0 Å². The van der Waals surface area contributed by atoms with E-state index in [1.807, 2.05) is 48.5 Å². The zero-order chi connectivity index (χ0) is 16.5. The van der Waals surface area contributed by atoms with Crippen LogP contribution in [0.2, 0.25) is 0 Å². The molecule has 0 aliphatic carbocycles. The van der Waals surface area contributed by atoms with Gasteiger partial charge in [0, 0.05) is 10.8 Å². The highest BCUT2D eigenvalue weighted by Crippen LogP contribution is 2.30. The van der Waals surface area contributed by atoms with Gasteiger partial charge < -0.3 is 0 Å². The van der Waals surface area contributed by atoms with E-state index in [2.05, 4.69) is 25.4 Å². The van der Waals surface area contributed by atoms with Crippen LogP contribution in [0.4, 0.5) is 5.69 Å². The minimum atomic E-state index is -0.257.